The molecule has 0 heterocycles. The monoisotopic (exact) mass is 269 g/mol. The number of benzene rings is 2. The Kier molecular flexibility index (Phi) is 4.50. The standard InChI is InChI=1S/C16H15NO3/c1-12(16(18)19)20-15-9-7-13(8-10-15)11-17-14-5-3-2-4-6-14/h2-12H,1H3,(H,18,19)/t12-/m0/s1. The van der Waals surface area contributed by atoms with E-state index < -0.39 is 12.1 Å². The molecule has 0 unspecified atom stereocenters. The van der Waals surface area contributed by atoms with E-state index in [1.54, 1.807) is 18.3 Å². The highest BCUT2D eigenvalue weighted by Crippen LogP contribution is 2.14. The molecule has 2 rings (SSSR count). The SMILES string of the molecule is C[C@H](Oc1ccc(C=Nc2ccccc2)cc1)C(=O)O. The Morgan fingerprint density at radius 2 is 1.80 bits per heavy atom. The quantitative estimate of drug-likeness (QED) is 0.847. The highest BCUT2D eigenvalue weighted by Gasteiger charge is 2.11. The van der Waals surface area contributed by atoms with Crippen molar-refractivity contribution in [2.75, 3.05) is 0 Å². The molecular weight excluding hydrogens is 254 g/mol. The van der Waals surface area contributed by atoms with Crippen molar-refractivity contribution in [2.45, 2.75) is 13.0 Å². The van der Waals surface area contributed by atoms with Crippen LogP contribution in [0.15, 0.2) is 59.6 Å². The number of nitrogens with zero attached hydrogens (tertiary/aromatic N) is 1. The van der Waals surface area contributed by atoms with Gasteiger partial charge in [-0.05, 0) is 48.9 Å². The first-order chi connectivity index (χ1) is 9.65. The lowest BCUT2D eigenvalue weighted by molar-refractivity contribution is -0.144. The molecule has 1 N–H and O–H groups in total. The number of aliphatic imine (C=N–C) groups is 1. The van der Waals surface area contributed by atoms with E-state index in [0.717, 1.165) is 11.3 Å². The number of rotatable bonds is 5. The third kappa shape index (κ3) is 3.95. The van der Waals surface area contributed by atoms with Crippen LogP contribution >= 0.6 is 0 Å². The first-order valence-corrected chi connectivity index (χ1v) is 6.24. The Labute approximate surface area is 117 Å². The number of hydrogen-bond acceptors (Lipinski definition) is 3. The molecule has 20 heavy (non-hydrogen) atoms. The summed E-state index contributed by atoms with van der Waals surface area (Å²) in [7, 11) is 0. The molecule has 0 saturated carbocycles. The number of carboxylic acids is 1. The minimum atomic E-state index is -0.986. The van der Waals surface area contributed by atoms with E-state index >= 15 is 0 Å². The van der Waals surface area contributed by atoms with Crippen LogP contribution in [0.3, 0.4) is 0 Å². The van der Waals surface area contributed by atoms with Gasteiger partial charge in [0.05, 0.1) is 5.69 Å². The maximum atomic E-state index is 10.7. The predicted octanol–water partition coefficient (Wildman–Crippen LogP) is 3.29. The van der Waals surface area contributed by atoms with Gasteiger partial charge in [0.2, 0.25) is 0 Å². The lowest BCUT2D eigenvalue weighted by atomic mass is 10.2. The van der Waals surface area contributed by atoms with Gasteiger partial charge in [-0.1, -0.05) is 18.2 Å². The molecule has 4 heteroatoms. The van der Waals surface area contributed by atoms with Crippen LogP contribution in [0.4, 0.5) is 5.69 Å². The lowest BCUT2D eigenvalue weighted by Crippen LogP contribution is -2.22. The van der Waals surface area contributed by atoms with Crippen LogP contribution in [-0.4, -0.2) is 23.4 Å². The zero-order valence-electron chi connectivity index (χ0n) is 11.1. The number of aliphatic carboxylic acids is 1. The van der Waals surface area contributed by atoms with Crippen molar-refractivity contribution in [1.82, 2.24) is 0 Å². The van der Waals surface area contributed by atoms with Gasteiger partial charge in [0, 0.05) is 6.21 Å². The van der Waals surface area contributed by atoms with Gasteiger partial charge in [0.1, 0.15) is 5.75 Å². The first-order valence-electron chi connectivity index (χ1n) is 6.24. The third-order valence-corrected chi connectivity index (χ3v) is 2.66. The van der Waals surface area contributed by atoms with Crippen LogP contribution in [0.25, 0.3) is 0 Å². The maximum absolute atomic E-state index is 10.7. The van der Waals surface area contributed by atoms with Gasteiger partial charge in [-0.2, -0.15) is 0 Å². The van der Waals surface area contributed by atoms with Gasteiger partial charge in [0.25, 0.3) is 0 Å². The fraction of sp³-hybridized carbons (Fsp3) is 0.125. The second kappa shape index (κ2) is 6.52. The molecule has 2 aromatic carbocycles. The van der Waals surface area contributed by atoms with E-state index in [9.17, 15) is 4.79 Å². The summed E-state index contributed by atoms with van der Waals surface area (Å²) in [6, 6.07) is 16.7. The second-order valence-corrected chi connectivity index (χ2v) is 4.26. The molecule has 0 fully saturated rings. The molecule has 2 aromatic rings. The second-order valence-electron chi connectivity index (χ2n) is 4.26. The van der Waals surface area contributed by atoms with Gasteiger partial charge in [-0.25, -0.2) is 4.79 Å². The normalized spacial score (nSPS) is 12.2. The topological polar surface area (TPSA) is 58.9 Å². The summed E-state index contributed by atoms with van der Waals surface area (Å²) < 4.78 is 5.25. The molecule has 0 bridgehead atoms. The van der Waals surface area contributed by atoms with Gasteiger partial charge in [-0.3, -0.25) is 4.99 Å². The average Bonchev–Trinajstić information content (AvgIpc) is 2.47. The van der Waals surface area contributed by atoms with Crippen LogP contribution < -0.4 is 4.74 Å². The summed E-state index contributed by atoms with van der Waals surface area (Å²) in [5.41, 5.74) is 1.80. The van der Waals surface area contributed by atoms with E-state index in [-0.39, 0.29) is 0 Å². The molecule has 0 spiro atoms. The van der Waals surface area contributed by atoms with Crippen molar-refractivity contribution in [3.8, 4) is 5.75 Å². The minimum absolute atomic E-state index is 0.525. The summed E-state index contributed by atoms with van der Waals surface area (Å²) in [6.07, 6.45) is 0.888. The highest BCUT2D eigenvalue weighted by molar-refractivity contribution is 5.82. The Bertz CT molecular complexity index is 591. The van der Waals surface area contributed by atoms with E-state index in [4.69, 9.17) is 9.84 Å². The van der Waals surface area contributed by atoms with Crippen molar-refractivity contribution in [2.24, 2.45) is 4.99 Å². The smallest absolute Gasteiger partial charge is 0.344 e. The summed E-state index contributed by atoms with van der Waals surface area (Å²) in [5, 5.41) is 8.76. The molecule has 4 nitrogen and oxygen atoms in total. The van der Waals surface area contributed by atoms with E-state index in [0.29, 0.717) is 5.75 Å². The molecule has 0 aromatic heterocycles. The van der Waals surface area contributed by atoms with E-state index in [2.05, 4.69) is 4.99 Å². The van der Waals surface area contributed by atoms with Crippen LogP contribution in [0.2, 0.25) is 0 Å². The Morgan fingerprint density at radius 1 is 1.15 bits per heavy atom. The maximum Gasteiger partial charge on any atom is 0.344 e. The van der Waals surface area contributed by atoms with Crippen molar-refractivity contribution >= 4 is 17.9 Å². The van der Waals surface area contributed by atoms with Crippen LogP contribution in [-0.2, 0) is 4.79 Å². The predicted molar refractivity (Wildman–Crippen MR) is 77.9 cm³/mol. The largest absolute Gasteiger partial charge is 0.479 e. The fourth-order valence-corrected chi connectivity index (χ4v) is 1.55. The van der Waals surface area contributed by atoms with Crippen LogP contribution in [0.5, 0.6) is 5.75 Å². The van der Waals surface area contributed by atoms with Gasteiger partial charge in [0.15, 0.2) is 6.10 Å². The molecule has 1 atom stereocenters. The van der Waals surface area contributed by atoms with E-state index in [1.807, 2.05) is 42.5 Å². The van der Waals surface area contributed by atoms with Gasteiger partial charge < -0.3 is 9.84 Å². The van der Waals surface area contributed by atoms with Gasteiger partial charge >= 0.3 is 5.97 Å². The molecule has 0 radical (unpaired) electrons. The summed E-state index contributed by atoms with van der Waals surface area (Å²) in [5.74, 6) is -0.462. The molecule has 0 saturated heterocycles. The molecule has 102 valence electrons. The first kappa shape index (κ1) is 13.8. The highest BCUT2D eigenvalue weighted by atomic mass is 16.5. The van der Waals surface area contributed by atoms with Crippen LogP contribution in [0, 0.1) is 0 Å². The zero-order chi connectivity index (χ0) is 14.4. The van der Waals surface area contributed by atoms with Gasteiger partial charge in [-0.15, -0.1) is 0 Å². The number of carboxylic acid groups (broad SMARTS) is 1. The summed E-state index contributed by atoms with van der Waals surface area (Å²) >= 11 is 0. The minimum Gasteiger partial charge on any atom is -0.479 e. The fourth-order valence-electron chi connectivity index (χ4n) is 1.55. The van der Waals surface area contributed by atoms with E-state index in [1.165, 1.54) is 6.92 Å². The molecule has 0 aliphatic heterocycles. The number of carbonyl (C=O) groups is 1. The number of hydrogen-bond donors (Lipinski definition) is 1. The molecule has 0 aliphatic carbocycles. The third-order valence-electron chi connectivity index (χ3n) is 2.66. The zero-order valence-corrected chi connectivity index (χ0v) is 11.1. The summed E-state index contributed by atoms with van der Waals surface area (Å²) in [4.78, 5) is 15.0. The number of ether oxygens (including phenoxy) is 1. The van der Waals surface area contributed by atoms with Crippen molar-refractivity contribution < 1.29 is 14.6 Å². The molecular formula is C16H15NO3. The Hall–Kier alpha value is -2.62. The number of para-hydroxylation sites is 1. The Balaban J connectivity index is 2.02. The summed E-state index contributed by atoms with van der Waals surface area (Å²) in [6.45, 7) is 1.49. The van der Waals surface area contributed by atoms with Crippen molar-refractivity contribution in [3.05, 3.63) is 60.2 Å². The molecule has 0 aliphatic rings. The van der Waals surface area contributed by atoms with Crippen LogP contribution in [0.1, 0.15) is 12.5 Å². The van der Waals surface area contributed by atoms with Crippen molar-refractivity contribution in [3.63, 3.8) is 0 Å². The lowest BCUT2D eigenvalue weighted by Gasteiger charge is -2.09. The average molecular weight is 269 g/mol. The van der Waals surface area contributed by atoms with Crippen molar-refractivity contribution in [1.29, 1.82) is 0 Å². The Morgan fingerprint density at radius 3 is 2.40 bits per heavy atom. The molecule has 0 amide bonds.